The fraction of sp³-hybridized carbons (Fsp3) is 0.250. The molecular weight excluding hydrogens is 243 g/mol. The third-order valence-electron chi connectivity index (χ3n) is 1.72. The molecule has 0 radical (unpaired) electrons. The normalized spacial score (nSPS) is 14.7. The van der Waals surface area contributed by atoms with Crippen LogP contribution in [0, 0.1) is 0 Å². The van der Waals surface area contributed by atoms with Gasteiger partial charge in [-0.25, -0.2) is 4.98 Å². The number of pyridine rings is 1. The third kappa shape index (κ3) is 3.04. The highest BCUT2D eigenvalue weighted by atomic mass is 35.5. The summed E-state index contributed by atoms with van der Waals surface area (Å²) >= 11 is 11.1. The number of aliphatic hydroxyl groups excluding tert-OH is 2. The Bertz CT molecular complexity index is 366. The highest BCUT2D eigenvalue weighted by Crippen LogP contribution is 2.22. The van der Waals surface area contributed by atoms with Gasteiger partial charge < -0.3 is 15.9 Å². The molecule has 15 heavy (non-hydrogen) atoms. The number of rotatable bonds is 3. The predicted molar refractivity (Wildman–Crippen MR) is 54.4 cm³/mol. The van der Waals surface area contributed by atoms with Gasteiger partial charge in [-0.2, -0.15) is 0 Å². The average molecular weight is 251 g/mol. The van der Waals surface area contributed by atoms with Gasteiger partial charge in [0.15, 0.2) is 6.10 Å². The average Bonchev–Trinajstić information content (AvgIpc) is 2.13. The van der Waals surface area contributed by atoms with Crippen LogP contribution in [-0.4, -0.2) is 27.2 Å². The number of primary amides is 1. The van der Waals surface area contributed by atoms with Crippen molar-refractivity contribution in [2.45, 2.75) is 12.2 Å². The van der Waals surface area contributed by atoms with E-state index in [1.54, 1.807) is 0 Å². The SMILES string of the molecule is NC(=O)C(O)C(O)c1cc(Cl)nc(Cl)c1. The minimum atomic E-state index is -1.71. The molecule has 1 aromatic rings. The second-order valence-electron chi connectivity index (χ2n) is 2.84. The Morgan fingerprint density at radius 3 is 2.20 bits per heavy atom. The molecule has 0 aliphatic heterocycles. The fourth-order valence-electron chi connectivity index (χ4n) is 0.992. The van der Waals surface area contributed by atoms with Crippen molar-refractivity contribution in [3.8, 4) is 0 Å². The minimum Gasteiger partial charge on any atom is -0.385 e. The van der Waals surface area contributed by atoms with E-state index in [0.29, 0.717) is 0 Å². The molecule has 1 amide bonds. The zero-order valence-corrected chi connectivity index (χ0v) is 8.90. The Balaban J connectivity index is 3.00. The molecule has 82 valence electrons. The van der Waals surface area contributed by atoms with Gasteiger partial charge in [-0.05, 0) is 17.7 Å². The van der Waals surface area contributed by atoms with E-state index in [1.165, 1.54) is 12.1 Å². The molecule has 5 nitrogen and oxygen atoms in total. The van der Waals surface area contributed by atoms with Crippen molar-refractivity contribution in [3.63, 3.8) is 0 Å². The Morgan fingerprint density at radius 2 is 1.80 bits per heavy atom. The predicted octanol–water partition coefficient (Wildman–Crippen LogP) is 0.268. The van der Waals surface area contributed by atoms with Gasteiger partial charge >= 0.3 is 0 Å². The van der Waals surface area contributed by atoms with Gasteiger partial charge in [0.1, 0.15) is 16.4 Å². The number of aromatic nitrogens is 1. The summed E-state index contributed by atoms with van der Waals surface area (Å²) in [7, 11) is 0. The van der Waals surface area contributed by atoms with Crippen molar-refractivity contribution in [3.05, 3.63) is 28.0 Å². The van der Waals surface area contributed by atoms with Crippen LogP contribution in [0.15, 0.2) is 12.1 Å². The maximum absolute atomic E-state index is 10.6. The lowest BCUT2D eigenvalue weighted by Crippen LogP contribution is -2.33. The summed E-state index contributed by atoms with van der Waals surface area (Å²) in [5, 5.41) is 18.8. The molecule has 1 heterocycles. The van der Waals surface area contributed by atoms with Crippen molar-refractivity contribution in [1.29, 1.82) is 0 Å². The number of carbonyl (C=O) groups excluding carboxylic acids is 1. The highest BCUT2D eigenvalue weighted by Gasteiger charge is 2.24. The topological polar surface area (TPSA) is 96.4 Å². The maximum atomic E-state index is 10.6. The van der Waals surface area contributed by atoms with Crippen molar-refractivity contribution in [1.82, 2.24) is 4.98 Å². The van der Waals surface area contributed by atoms with Gasteiger partial charge in [0.2, 0.25) is 5.91 Å². The quantitative estimate of drug-likeness (QED) is 0.671. The largest absolute Gasteiger partial charge is 0.385 e. The van der Waals surface area contributed by atoms with E-state index < -0.39 is 18.1 Å². The van der Waals surface area contributed by atoms with Crippen molar-refractivity contribution in [2.75, 3.05) is 0 Å². The molecule has 1 aromatic heterocycles. The molecule has 0 fully saturated rings. The van der Waals surface area contributed by atoms with E-state index in [4.69, 9.17) is 28.9 Å². The third-order valence-corrected chi connectivity index (χ3v) is 2.10. The first-order valence-electron chi connectivity index (χ1n) is 3.90. The summed E-state index contributed by atoms with van der Waals surface area (Å²) in [6.07, 6.45) is -3.18. The van der Waals surface area contributed by atoms with Crippen LogP contribution in [0.1, 0.15) is 11.7 Å². The smallest absolute Gasteiger partial charge is 0.249 e. The number of nitrogens with two attached hydrogens (primary N) is 1. The van der Waals surface area contributed by atoms with E-state index >= 15 is 0 Å². The Labute approximate surface area is 95.4 Å². The van der Waals surface area contributed by atoms with Gasteiger partial charge in [0.05, 0.1) is 0 Å². The lowest BCUT2D eigenvalue weighted by Gasteiger charge is -2.15. The van der Waals surface area contributed by atoms with Crippen LogP contribution in [0.3, 0.4) is 0 Å². The molecule has 0 aromatic carbocycles. The van der Waals surface area contributed by atoms with Gasteiger partial charge in [-0.3, -0.25) is 4.79 Å². The first kappa shape index (κ1) is 12.2. The highest BCUT2D eigenvalue weighted by molar-refractivity contribution is 6.32. The molecule has 1 rings (SSSR count). The van der Waals surface area contributed by atoms with Crippen LogP contribution in [0.25, 0.3) is 0 Å². The summed E-state index contributed by atoms with van der Waals surface area (Å²) < 4.78 is 0. The second kappa shape index (κ2) is 4.76. The fourth-order valence-corrected chi connectivity index (χ4v) is 1.47. The molecule has 0 aliphatic carbocycles. The Hall–Kier alpha value is -0.880. The Morgan fingerprint density at radius 1 is 1.33 bits per heavy atom. The van der Waals surface area contributed by atoms with E-state index in [2.05, 4.69) is 4.98 Å². The summed E-state index contributed by atoms with van der Waals surface area (Å²) in [6, 6.07) is 2.56. The number of nitrogens with zero attached hydrogens (tertiary/aromatic N) is 1. The van der Waals surface area contributed by atoms with E-state index in [0.717, 1.165) is 0 Å². The molecular formula is C8H8Cl2N2O3. The molecule has 4 N–H and O–H groups in total. The summed E-state index contributed by atoms with van der Waals surface area (Å²) in [4.78, 5) is 14.3. The van der Waals surface area contributed by atoms with Crippen LogP contribution < -0.4 is 5.73 Å². The molecule has 0 aliphatic rings. The van der Waals surface area contributed by atoms with Crippen LogP contribution in [-0.2, 0) is 4.79 Å². The summed E-state index contributed by atoms with van der Waals surface area (Å²) in [5.41, 5.74) is 4.99. The number of carbonyl (C=O) groups is 1. The van der Waals surface area contributed by atoms with Crippen LogP contribution >= 0.6 is 23.2 Å². The molecule has 2 atom stereocenters. The van der Waals surface area contributed by atoms with Crippen molar-refractivity contribution < 1.29 is 15.0 Å². The molecule has 0 saturated heterocycles. The lowest BCUT2D eigenvalue weighted by atomic mass is 10.1. The van der Waals surface area contributed by atoms with E-state index in [9.17, 15) is 15.0 Å². The molecule has 0 bridgehead atoms. The summed E-state index contributed by atoms with van der Waals surface area (Å²) in [5.74, 6) is -1.04. The van der Waals surface area contributed by atoms with E-state index in [-0.39, 0.29) is 15.9 Å². The van der Waals surface area contributed by atoms with Crippen LogP contribution in [0.2, 0.25) is 10.3 Å². The van der Waals surface area contributed by atoms with Crippen LogP contribution in [0.4, 0.5) is 0 Å². The maximum Gasteiger partial charge on any atom is 0.249 e. The van der Waals surface area contributed by atoms with Gasteiger partial charge in [-0.1, -0.05) is 23.2 Å². The number of halogens is 2. The minimum absolute atomic E-state index is 0.0493. The first-order valence-corrected chi connectivity index (χ1v) is 4.66. The monoisotopic (exact) mass is 250 g/mol. The lowest BCUT2D eigenvalue weighted by molar-refractivity contribution is -0.131. The second-order valence-corrected chi connectivity index (χ2v) is 3.61. The standard InChI is InChI=1S/C8H8Cl2N2O3/c9-4-1-3(2-5(10)12-4)6(13)7(14)8(11)15/h1-2,6-7,13-14H,(H2,11,15). The Kier molecular flexibility index (Phi) is 3.87. The number of amides is 1. The van der Waals surface area contributed by atoms with Crippen molar-refractivity contribution >= 4 is 29.1 Å². The van der Waals surface area contributed by atoms with Gasteiger partial charge in [0, 0.05) is 0 Å². The van der Waals surface area contributed by atoms with Crippen molar-refractivity contribution in [2.24, 2.45) is 5.73 Å². The summed E-state index contributed by atoms with van der Waals surface area (Å²) in [6.45, 7) is 0. The molecule has 2 unspecified atom stereocenters. The van der Waals surface area contributed by atoms with Crippen LogP contribution in [0.5, 0.6) is 0 Å². The van der Waals surface area contributed by atoms with Gasteiger partial charge in [0.25, 0.3) is 0 Å². The number of hydrogen-bond acceptors (Lipinski definition) is 4. The first-order chi connectivity index (χ1) is 6.91. The molecule has 7 heteroatoms. The zero-order chi connectivity index (χ0) is 11.6. The number of hydrogen-bond donors (Lipinski definition) is 3. The zero-order valence-electron chi connectivity index (χ0n) is 7.39. The number of aliphatic hydroxyl groups is 2. The molecule has 0 spiro atoms. The van der Waals surface area contributed by atoms with Gasteiger partial charge in [-0.15, -0.1) is 0 Å². The molecule has 0 saturated carbocycles. The van der Waals surface area contributed by atoms with E-state index in [1.807, 2.05) is 0 Å².